The average molecular weight is 770 g/mol. The maximum absolute atomic E-state index is 13.5. The SMILES string of the molecule is N#Cc1ccc(N2CCC(c3ccc(OCC4CN(CCN5CCN(c6ccc7c(c6)CN(C6CCC(=O)NC6=O)C7=O)CC5)C4)cc3)CC2)cc1C(F)(F)F. The van der Waals surface area contributed by atoms with E-state index in [1.165, 1.54) is 11.6 Å². The number of benzene rings is 3. The molecule has 294 valence electrons. The Labute approximate surface area is 324 Å². The summed E-state index contributed by atoms with van der Waals surface area (Å²) in [6, 6.07) is 19.2. The van der Waals surface area contributed by atoms with Crippen molar-refractivity contribution in [3.63, 3.8) is 0 Å². The van der Waals surface area contributed by atoms with Crippen LogP contribution in [0.25, 0.3) is 0 Å². The van der Waals surface area contributed by atoms with E-state index in [1.54, 1.807) is 17.0 Å². The molecule has 3 amide bonds. The number of anilines is 2. The lowest BCUT2D eigenvalue weighted by Crippen LogP contribution is -2.53. The van der Waals surface area contributed by atoms with Gasteiger partial charge in [-0.05, 0) is 84.8 Å². The van der Waals surface area contributed by atoms with Gasteiger partial charge in [-0.1, -0.05) is 12.1 Å². The molecular formula is C42H46F3N7O4. The molecule has 4 fully saturated rings. The predicted molar refractivity (Wildman–Crippen MR) is 203 cm³/mol. The summed E-state index contributed by atoms with van der Waals surface area (Å²) < 4.78 is 46.5. The highest BCUT2D eigenvalue weighted by molar-refractivity contribution is 6.05. The molecule has 3 aromatic rings. The summed E-state index contributed by atoms with van der Waals surface area (Å²) in [5.41, 5.74) is 3.15. The summed E-state index contributed by atoms with van der Waals surface area (Å²) in [7, 11) is 0. The highest BCUT2D eigenvalue weighted by atomic mass is 19.4. The Morgan fingerprint density at radius 2 is 1.48 bits per heavy atom. The Hall–Kier alpha value is -5.13. The highest BCUT2D eigenvalue weighted by Gasteiger charge is 2.39. The second-order valence-corrected chi connectivity index (χ2v) is 15.7. The van der Waals surface area contributed by atoms with E-state index in [0.717, 1.165) is 88.3 Å². The number of hydrogen-bond donors (Lipinski definition) is 1. The van der Waals surface area contributed by atoms with E-state index >= 15 is 0 Å². The first-order chi connectivity index (χ1) is 27.0. The molecule has 5 heterocycles. The summed E-state index contributed by atoms with van der Waals surface area (Å²) in [5, 5.41) is 11.5. The van der Waals surface area contributed by atoms with Gasteiger partial charge in [0, 0.05) is 101 Å². The number of rotatable bonds is 10. The number of imide groups is 1. The molecule has 3 aromatic carbocycles. The Kier molecular flexibility index (Phi) is 10.6. The van der Waals surface area contributed by atoms with Crippen molar-refractivity contribution in [3.8, 4) is 11.8 Å². The molecule has 0 radical (unpaired) electrons. The van der Waals surface area contributed by atoms with Crippen molar-refractivity contribution in [2.45, 2.75) is 50.4 Å². The number of likely N-dealkylation sites (tertiary alicyclic amines) is 1. The summed E-state index contributed by atoms with van der Waals surface area (Å²) in [4.78, 5) is 48.0. The van der Waals surface area contributed by atoms with Gasteiger partial charge in [0.05, 0.1) is 23.8 Å². The quantitative estimate of drug-likeness (QED) is 0.290. The minimum atomic E-state index is -4.56. The Morgan fingerprint density at radius 3 is 2.18 bits per heavy atom. The number of fused-ring (bicyclic) bond motifs is 1. The monoisotopic (exact) mass is 769 g/mol. The average Bonchev–Trinajstić information content (AvgIpc) is 3.51. The first-order valence-corrected chi connectivity index (χ1v) is 19.6. The largest absolute Gasteiger partial charge is 0.493 e. The number of carbonyl (C=O) groups excluding carboxylic acids is 3. The smallest absolute Gasteiger partial charge is 0.417 e. The second kappa shape index (κ2) is 15.8. The molecule has 0 aromatic heterocycles. The van der Waals surface area contributed by atoms with Crippen molar-refractivity contribution >= 4 is 29.1 Å². The zero-order valence-corrected chi connectivity index (χ0v) is 31.3. The minimum Gasteiger partial charge on any atom is -0.493 e. The van der Waals surface area contributed by atoms with Crippen molar-refractivity contribution in [1.29, 1.82) is 5.26 Å². The summed E-state index contributed by atoms with van der Waals surface area (Å²) in [6.07, 6.45) is -2.29. The van der Waals surface area contributed by atoms with Gasteiger partial charge in [0.15, 0.2) is 0 Å². The molecule has 1 unspecified atom stereocenters. The molecule has 5 aliphatic heterocycles. The molecule has 5 aliphatic rings. The van der Waals surface area contributed by atoms with E-state index in [2.05, 4.69) is 38.2 Å². The van der Waals surface area contributed by atoms with E-state index in [4.69, 9.17) is 10.00 Å². The van der Waals surface area contributed by atoms with Crippen LogP contribution in [0.4, 0.5) is 24.5 Å². The maximum atomic E-state index is 13.5. The van der Waals surface area contributed by atoms with Crippen molar-refractivity contribution in [3.05, 3.63) is 88.5 Å². The molecule has 14 heteroatoms. The second-order valence-electron chi connectivity index (χ2n) is 15.7. The summed E-state index contributed by atoms with van der Waals surface area (Å²) in [6.45, 7) is 10.2. The van der Waals surface area contributed by atoms with Crippen LogP contribution in [0.3, 0.4) is 0 Å². The number of halogens is 3. The van der Waals surface area contributed by atoms with Crippen LogP contribution in [-0.2, 0) is 22.3 Å². The molecule has 56 heavy (non-hydrogen) atoms. The molecule has 11 nitrogen and oxygen atoms in total. The number of piperidine rings is 2. The van der Waals surface area contributed by atoms with Gasteiger partial charge in [0.2, 0.25) is 11.8 Å². The molecule has 0 spiro atoms. The number of nitriles is 1. The first-order valence-electron chi connectivity index (χ1n) is 19.6. The Morgan fingerprint density at radius 1 is 0.804 bits per heavy atom. The minimum absolute atomic E-state index is 0.147. The third-order valence-electron chi connectivity index (χ3n) is 12.1. The fourth-order valence-corrected chi connectivity index (χ4v) is 8.82. The van der Waals surface area contributed by atoms with Crippen molar-refractivity contribution < 1.29 is 32.3 Å². The first kappa shape index (κ1) is 37.8. The van der Waals surface area contributed by atoms with Crippen molar-refractivity contribution in [2.24, 2.45) is 5.92 Å². The van der Waals surface area contributed by atoms with E-state index < -0.39 is 23.7 Å². The fraction of sp³-hybridized carbons (Fsp3) is 0.476. The van der Waals surface area contributed by atoms with Crippen LogP contribution in [0.5, 0.6) is 5.75 Å². The lowest BCUT2D eigenvalue weighted by atomic mass is 9.89. The number of alkyl halides is 3. The van der Waals surface area contributed by atoms with Crippen LogP contribution in [0.1, 0.15) is 64.2 Å². The Balaban J connectivity index is 0.720. The third-order valence-corrected chi connectivity index (χ3v) is 12.1. The van der Waals surface area contributed by atoms with Gasteiger partial charge in [-0.15, -0.1) is 0 Å². The van der Waals surface area contributed by atoms with Crippen LogP contribution < -0.4 is 19.9 Å². The molecule has 0 aliphatic carbocycles. The van der Waals surface area contributed by atoms with E-state index in [0.29, 0.717) is 55.7 Å². The fourth-order valence-electron chi connectivity index (χ4n) is 8.82. The van der Waals surface area contributed by atoms with Gasteiger partial charge >= 0.3 is 6.18 Å². The summed E-state index contributed by atoms with van der Waals surface area (Å²) in [5.74, 6) is 0.848. The Bertz CT molecular complexity index is 2000. The van der Waals surface area contributed by atoms with Crippen LogP contribution in [-0.4, -0.2) is 111 Å². The number of ether oxygens (including phenoxy) is 1. The van der Waals surface area contributed by atoms with Gasteiger partial charge in [-0.2, -0.15) is 18.4 Å². The molecule has 1 N–H and O–H groups in total. The number of carbonyl (C=O) groups is 3. The van der Waals surface area contributed by atoms with Gasteiger partial charge in [-0.3, -0.25) is 24.6 Å². The third kappa shape index (κ3) is 8.06. The van der Waals surface area contributed by atoms with Crippen molar-refractivity contribution in [2.75, 3.05) is 81.9 Å². The standard InChI is InChI=1S/C42H46F3N7O4/c43-42(44,45)37-22-34(4-1-31(37)23-46)50-13-11-30(12-14-50)29-2-6-35(7-3-29)56-27-28-24-49(25-28)16-15-48-17-19-51(20-18-48)33-5-8-36-32(21-33)26-52(41(36)55)38-9-10-39(53)47-40(38)54/h1-8,21-22,28,30,38H,9-20,24-27H2,(H,47,53,54). The van der Waals surface area contributed by atoms with Crippen LogP contribution >= 0.6 is 0 Å². The normalized spacial score (nSPS) is 21.5. The number of amides is 3. The van der Waals surface area contributed by atoms with E-state index in [9.17, 15) is 27.6 Å². The molecule has 8 rings (SSSR count). The van der Waals surface area contributed by atoms with Crippen molar-refractivity contribution in [1.82, 2.24) is 20.0 Å². The highest BCUT2D eigenvalue weighted by Crippen LogP contribution is 2.37. The molecular weight excluding hydrogens is 724 g/mol. The van der Waals surface area contributed by atoms with Crippen LogP contribution in [0, 0.1) is 17.2 Å². The lowest BCUT2D eigenvalue weighted by molar-refractivity contribution is -0.138. The lowest BCUT2D eigenvalue weighted by Gasteiger charge is -2.41. The number of hydrogen-bond acceptors (Lipinski definition) is 9. The zero-order chi connectivity index (χ0) is 39.0. The van der Waals surface area contributed by atoms with Crippen LogP contribution in [0.2, 0.25) is 0 Å². The molecule has 1 atom stereocenters. The van der Waals surface area contributed by atoms with E-state index in [-0.39, 0.29) is 23.8 Å². The zero-order valence-electron chi connectivity index (χ0n) is 31.3. The maximum Gasteiger partial charge on any atom is 0.417 e. The van der Waals surface area contributed by atoms with Gasteiger partial charge in [-0.25, -0.2) is 0 Å². The van der Waals surface area contributed by atoms with Crippen LogP contribution in [0.15, 0.2) is 60.7 Å². The molecule has 4 saturated heterocycles. The van der Waals surface area contributed by atoms with Gasteiger partial charge < -0.3 is 24.3 Å². The topological polar surface area (TPSA) is 112 Å². The number of nitrogens with one attached hydrogen (secondary N) is 1. The predicted octanol–water partition coefficient (Wildman–Crippen LogP) is 4.85. The number of nitrogens with zero attached hydrogens (tertiary/aromatic N) is 6. The van der Waals surface area contributed by atoms with Gasteiger partial charge in [0.25, 0.3) is 5.91 Å². The molecule has 0 bridgehead atoms. The van der Waals surface area contributed by atoms with Gasteiger partial charge in [0.1, 0.15) is 11.8 Å². The number of piperazine rings is 1. The van der Waals surface area contributed by atoms with E-state index in [1.807, 2.05) is 29.2 Å². The molecule has 0 saturated carbocycles. The summed E-state index contributed by atoms with van der Waals surface area (Å²) >= 11 is 0.